The van der Waals surface area contributed by atoms with Crippen molar-refractivity contribution in [2.24, 2.45) is 0 Å². The van der Waals surface area contributed by atoms with Crippen LogP contribution in [0.4, 0.5) is 18.3 Å². The summed E-state index contributed by atoms with van der Waals surface area (Å²) in [6.07, 6.45) is -2.96. The van der Waals surface area contributed by atoms with Crippen LogP contribution in [0.5, 0.6) is 5.75 Å². The van der Waals surface area contributed by atoms with E-state index in [9.17, 15) is 18.0 Å². The molecule has 158 valence electrons. The number of halogens is 3. The molecular weight excluding hydrogens is 427 g/mol. The van der Waals surface area contributed by atoms with Crippen molar-refractivity contribution in [2.45, 2.75) is 12.7 Å². The Kier molecular flexibility index (Phi) is 5.60. The summed E-state index contributed by atoms with van der Waals surface area (Å²) in [6.45, 7) is 0.0624. The van der Waals surface area contributed by atoms with Crippen LogP contribution in [0.1, 0.15) is 21.6 Å². The van der Waals surface area contributed by atoms with Gasteiger partial charge in [0.05, 0.1) is 35.1 Å². The van der Waals surface area contributed by atoms with Gasteiger partial charge in [-0.05, 0) is 42.5 Å². The molecule has 0 N–H and O–H groups in total. The number of ether oxygens (including phenoxy) is 1. The fourth-order valence-electron chi connectivity index (χ4n) is 3.00. The number of rotatable bonds is 5. The number of hydrogen-bond donors (Lipinski definition) is 0. The van der Waals surface area contributed by atoms with E-state index in [0.717, 1.165) is 16.8 Å². The first kappa shape index (κ1) is 20.8. The zero-order chi connectivity index (χ0) is 22.0. The highest BCUT2D eigenvalue weighted by Gasteiger charge is 2.32. The number of pyridine rings is 1. The number of carbonyl (C=O) groups is 1. The molecule has 4 aromatic rings. The second-order valence-electron chi connectivity index (χ2n) is 6.62. The number of hydrogen-bond acceptors (Lipinski definition) is 5. The number of carbonyl (C=O) groups excluding carboxylic acids is 1. The van der Waals surface area contributed by atoms with Gasteiger partial charge in [0.1, 0.15) is 5.75 Å². The molecule has 4 rings (SSSR count). The van der Waals surface area contributed by atoms with E-state index in [4.69, 9.17) is 4.74 Å². The summed E-state index contributed by atoms with van der Waals surface area (Å²) in [5, 5.41) is 0.358. The Morgan fingerprint density at radius 3 is 2.65 bits per heavy atom. The van der Waals surface area contributed by atoms with E-state index in [0.29, 0.717) is 22.1 Å². The van der Waals surface area contributed by atoms with Gasteiger partial charge < -0.3 is 4.74 Å². The maximum atomic E-state index is 13.3. The highest BCUT2D eigenvalue weighted by atomic mass is 32.1. The minimum atomic E-state index is -4.55. The Balaban J connectivity index is 1.77. The second kappa shape index (κ2) is 8.35. The summed E-state index contributed by atoms with van der Waals surface area (Å²) in [6, 6.07) is 15.0. The third kappa shape index (κ3) is 4.51. The van der Waals surface area contributed by atoms with E-state index >= 15 is 0 Å². The molecule has 0 saturated carbocycles. The highest BCUT2D eigenvalue weighted by Crippen LogP contribution is 2.34. The molecule has 9 heteroatoms. The molecule has 0 aliphatic heterocycles. The summed E-state index contributed by atoms with van der Waals surface area (Å²) in [4.78, 5) is 23.4. The molecule has 2 aromatic carbocycles. The van der Waals surface area contributed by atoms with Crippen LogP contribution in [0, 0.1) is 0 Å². The van der Waals surface area contributed by atoms with Crippen LogP contribution in [0.2, 0.25) is 0 Å². The van der Waals surface area contributed by atoms with E-state index in [1.807, 2.05) is 6.07 Å². The maximum absolute atomic E-state index is 13.3. The van der Waals surface area contributed by atoms with Crippen molar-refractivity contribution in [3.63, 3.8) is 0 Å². The first-order valence-electron chi connectivity index (χ1n) is 9.19. The van der Waals surface area contributed by atoms with E-state index in [-0.39, 0.29) is 12.1 Å². The van der Waals surface area contributed by atoms with E-state index < -0.39 is 17.6 Å². The van der Waals surface area contributed by atoms with Crippen LogP contribution in [0.15, 0.2) is 66.9 Å². The summed E-state index contributed by atoms with van der Waals surface area (Å²) < 4.78 is 45.5. The Morgan fingerprint density at radius 1 is 1.10 bits per heavy atom. The number of anilines is 1. The molecule has 2 heterocycles. The van der Waals surface area contributed by atoms with Gasteiger partial charge in [-0.2, -0.15) is 13.2 Å². The average Bonchev–Trinajstić information content (AvgIpc) is 3.20. The molecule has 31 heavy (non-hydrogen) atoms. The SMILES string of the molecule is COc1ccc2sc(N(Cc3ccccn3)C(=O)c3cccc(C(F)(F)F)c3)nc2c1. The molecule has 0 saturated heterocycles. The van der Waals surface area contributed by atoms with Gasteiger partial charge in [-0.3, -0.25) is 14.7 Å². The number of amides is 1. The highest BCUT2D eigenvalue weighted by molar-refractivity contribution is 7.22. The lowest BCUT2D eigenvalue weighted by molar-refractivity contribution is -0.137. The molecule has 0 atom stereocenters. The molecule has 0 unspecified atom stereocenters. The number of nitrogens with zero attached hydrogens (tertiary/aromatic N) is 3. The van der Waals surface area contributed by atoms with Crippen molar-refractivity contribution in [3.05, 3.63) is 83.7 Å². The summed E-state index contributed by atoms with van der Waals surface area (Å²) in [7, 11) is 1.54. The second-order valence-corrected chi connectivity index (χ2v) is 7.63. The minimum Gasteiger partial charge on any atom is -0.497 e. The third-order valence-electron chi connectivity index (χ3n) is 4.54. The molecule has 0 spiro atoms. The fourth-order valence-corrected chi connectivity index (χ4v) is 3.95. The number of aromatic nitrogens is 2. The number of alkyl halides is 3. The molecule has 0 aliphatic carbocycles. The van der Waals surface area contributed by atoms with Crippen molar-refractivity contribution >= 4 is 32.6 Å². The van der Waals surface area contributed by atoms with Gasteiger partial charge in [-0.25, -0.2) is 4.98 Å². The summed E-state index contributed by atoms with van der Waals surface area (Å²) in [5.41, 5.74) is 0.245. The number of fused-ring (bicyclic) bond motifs is 1. The van der Waals surface area contributed by atoms with Crippen molar-refractivity contribution in [1.29, 1.82) is 0 Å². The van der Waals surface area contributed by atoms with Crippen molar-refractivity contribution < 1.29 is 22.7 Å². The van der Waals surface area contributed by atoms with Crippen molar-refractivity contribution in [2.75, 3.05) is 12.0 Å². The fraction of sp³-hybridized carbons (Fsp3) is 0.136. The maximum Gasteiger partial charge on any atom is 0.416 e. The first-order chi connectivity index (χ1) is 14.8. The predicted octanol–water partition coefficient (Wildman–Crippen LogP) is 5.57. The van der Waals surface area contributed by atoms with Gasteiger partial charge in [0, 0.05) is 17.8 Å². The van der Waals surface area contributed by atoms with Crippen LogP contribution >= 0.6 is 11.3 Å². The molecule has 0 bridgehead atoms. The first-order valence-corrected chi connectivity index (χ1v) is 10.0. The van der Waals surface area contributed by atoms with Gasteiger partial charge in [0.15, 0.2) is 5.13 Å². The average molecular weight is 443 g/mol. The van der Waals surface area contributed by atoms with E-state index in [1.54, 1.807) is 43.6 Å². The molecular formula is C22H16F3N3O2S. The Hall–Kier alpha value is -3.46. The Bertz CT molecular complexity index is 1230. The molecule has 0 radical (unpaired) electrons. The smallest absolute Gasteiger partial charge is 0.416 e. The number of methoxy groups -OCH3 is 1. The van der Waals surface area contributed by atoms with Gasteiger partial charge >= 0.3 is 6.18 Å². The quantitative estimate of drug-likeness (QED) is 0.405. The minimum absolute atomic E-state index is 0.0624. The summed E-state index contributed by atoms with van der Waals surface area (Å²) >= 11 is 1.26. The Labute approximate surface area is 179 Å². The number of benzene rings is 2. The predicted molar refractivity (Wildman–Crippen MR) is 112 cm³/mol. The number of thiazole rings is 1. The lowest BCUT2D eigenvalue weighted by Crippen LogP contribution is -2.31. The van der Waals surface area contributed by atoms with Crippen molar-refractivity contribution in [1.82, 2.24) is 9.97 Å². The van der Waals surface area contributed by atoms with Crippen LogP contribution in [0.3, 0.4) is 0 Å². The Morgan fingerprint density at radius 2 is 1.94 bits per heavy atom. The molecule has 5 nitrogen and oxygen atoms in total. The van der Waals surface area contributed by atoms with Crippen LogP contribution < -0.4 is 9.64 Å². The van der Waals surface area contributed by atoms with Gasteiger partial charge in [0.25, 0.3) is 5.91 Å². The lowest BCUT2D eigenvalue weighted by atomic mass is 10.1. The van der Waals surface area contributed by atoms with E-state index in [1.165, 1.54) is 28.4 Å². The van der Waals surface area contributed by atoms with Gasteiger partial charge in [-0.1, -0.05) is 23.5 Å². The standard InChI is InChI=1S/C22H16F3N3O2S/c1-30-17-8-9-19-18(12-17)27-21(31-19)28(13-16-7-2-3-10-26-16)20(29)14-5-4-6-15(11-14)22(23,24)25/h2-12H,13H2,1H3. The zero-order valence-electron chi connectivity index (χ0n) is 16.3. The third-order valence-corrected chi connectivity index (χ3v) is 5.60. The monoisotopic (exact) mass is 443 g/mol. The van der Waals surface area contributed by atoms with Crippen LogP contribution in [0.25, 0.3) is 10.2 Å². The van der Waals surface area contributed by atoms with Gasteiger partial charge in [0.2, 0.25) is 0 Å². The molecule has 2 aromatic heterocycles. The zero-order valence-corrected chi connectivity index (χ0v) is 17.1. The molecule has 1 amide bonds. The summed E-state index contributed by atoms with van der Waals surface area (Å²) in [5.74, 6) is 0.0209. The van der Waals surface area contributed by atoms with Crippen molar-refractivity contribution in [3.8, 4) is 5.75 Å². The lowest BCUT2D eigenvalue weighted by Gasteiger charge is -2.20. The van der Waals surface area contributed by atoms with E-state index in [2.05, 4.69) is 9.97 Å². The topological polar surface area (TPSA) is 55.3 Å². The van der Waals surface area contributed by atoms with Gasteiger partial charge in [-0.15, -0.1) is 0 Å². The largest absolute Gasteiger partial charge is 0.497 e. The van der Waals surface area contributed by atoms with Crippen LogP contribution in [-0.4, -0.2) is 23.0 Å². The van der Waals surface area contributed by atoms with Crippen LogP contribution in [-0.2, 0) is 12.7 Å². The molecule has 0 aliphatic rings. The molecule has 0 fully saturated rings. The normalized spacial score (nSPS) is 11.5.